The lowest BCUT2D eigenvalue weighted by Gasteiger charge is -2.54. The molecule has 0 radical (unpaired) electrons. The third kappa shape index (κ3) is 5.32. The molecule has 1 aliphatic rings. The van der Waals surface area contributed by atoms with Crippen molar-refractivity contribution in [2.75, 3.05) is 6.61 Å². The van der Waals surface area contributed by atoms with E-state index in [0.717, 1.165) is 16.7 Å². The van der Waals surface area contributed by atoms with Crippen LogP contribution in [0.25, 0.3) is 0 Å². The minimum absolute atomic E-state index is 0.0422. The van der Waals surface area contributed by atoms with Crippen LogP contribution in [0.2, 0.25) is 10.0 Å². The number of hydrogen-bond acceptors (Lipinski definition) is 5. The molecule has 5 nitrogen and oxygen atoms in total. The lowest BCUT2D eigenvalue weighted by atomic mass is 9.47. The second-order valence-corrected chi connectivity index (χ2v) is 12.3. The molecule has 44 heavy (non-hydrogen) atoms. The van der Waals surface area contributed by atoms with Gasteiger partial charge in [-0.25, -0.2) is 0 Å². The highest BCUT2D eigenvalue weighted by molar-refractivity contribution is 6.31. The summed E-state index contributed by atoms with van der Waals surface area (Å²) in [6.07, 6.45) is -0.0990. The predicted octanol–water partition coefficient (Wildman–Crippen LogP) is 8.34. The number of ether oxygens (including phenoxy) is 1. The summed E-state index contributed by atoms with van der Waals surface area (Å²) in [5.41, 5.74) is 0.0288. The van der Waals surface area contributed by atoms with Crippen molar-refractivity contribution in [3.63, 3.8) is 0 Å². The summed E-state index contributed by atoms with van der Waals surface area (Å²) in [6, 6.07) is 30.5. The zero-order chi connectivity index (χ0) is 31.6. The first kappa shape index (κ1) is 31.5. The summed E-state index contributed by atoms with van der Waals surface area (Å²) in [6.45, 7) is 5.53. The van der Waals surface area contributed by atoms with Gasteiger partial charge in [-0.3, -0.25) is 9.59 Å². The van der Waals surface area contributed by atoms with Gasteiger partial charge in [0.15, 0.2) is 11.2 Å². The standard InChI is InChI=1S/C37H33Cl2NO4/c1-4-44-35(42)36(22-40)31(29-11-7-5-9-23(29)2)21-37(43,26-15-19-28(39)20-16-26)33(32(36)30-12-8-6-10-24(30)3)34(41)25-13-17-27(38)18-14-25/h5-20,31-33,43H,4,21H2,1-3H3/t31-,32+,33+,36+,37+/m1/s1. The fourth-order valence-corrected chi connectivity index (χ4v) is 7.21. The molecule has 0 heterocycles. The van der Waals surface area contributed by atoms with Crippen molar-refractivity contribution in [3.8, 4) is 6.07 Å². The number of aryl methyl sites for hydroxylation is 2. The number of aliphatic hydroxyl groups is 1. The van der Waals surface area contributed by atoms with Crippen LogP contribution in [0.15, 0.2) is 97.1 Å². The molecule has 0 saturated heterocycles. The molecule has 4 aromatic carbocycles. The van der Waals surface area contributed by atoms with Crippen LogP contribution in [-0.2, 0) is 15.1 Å². The highest BCUT2D eigenvalue weighted by atomic mass is 35.5. The van der Waals surface area contributed by atoms with Gasteiger partial charge >= 0.3 is 5.97 Å². The molecule has 5 atom stereocenters. The number of benzene rings is 4. The van der Waals surface area contributed by atoms with Crippen LogP contribution >= 0.6 is 23.2 Å². The van der Waals surface area contributed by atoms with Gasteiger partial charge in [-0.05, 0) is 91.4 Å². The molecule has 224 valence electrons. The second-order valence-electron chi connectivity index (χ2n) is 11.4. The molecule has 1 N–H and O–H groups in total. The van der Waals surface area contributed by atoms with E-state index >= 15 is 0 Å². The Labute approximate surface area is 268 Å². The van der Waals surface area contributed by atoms with Gasteiger partial charge in [-0.2, -0.15) is 5.26 Å². The van der Waals surface area contributed by atoms with E-state index in [1.54, 1.807) is 55.5 Å². The summed E-state index contributed by atoms with van der Waals surface area (Å²) >= 11 is 12.5. The van der Waals surface area contributed by atoms with E-state index in [2.05, 4.69) is 6.07 Å². The van der Waals surface area contributed by atoms with E-state index in [-0.39, 0.29) is 13.0 Å². The Balaban J connectivity index is 1.93. The van der Waals surface area contributed by atoms with Crippen molar-refractivity contribution in [2.24, 2.45) is 11.3 Å². The number of Topliss-reactive ketones (excluding diaryl/α,β-unsaturated/α-hetero) is 1. The van der Waals surface area contributed by atoms with Crippen LogP contribution in [0.4, 0.5) is 0 Å². The normalized spacial score (nSPS) is 24.7. The molecule has 0 aliphatic heterocycles. The largest absolute Gasteiger partial charge is 0.465 e. The van der Waals surface area contributed by atoms with E-state index in [9.17, 15) is 20.0 Å². The molecular weight excluding hydrogens is 593 g/mol. The van der Waals surface area contributed by atoms with Crippen molar-refractivity contribution in [1.82, 2.24) is 0 Å². The SMILES string of the molecule is CCOC(=O)[C@@]1(C#N)[C@@H](c2ccccc2C)C[C@](O)(c2ccc(Cl)cc2)[C@H](C(=O)c2ccc(Cl)cc2)[C@@H]1c1ccccc1C. The van der Waals surface area contributed by atoms with Crippen molar-refractivity contribution in [2.45, 2.75) is 44.6 Å². The number of halogens is 2. The first-order valence-electron chi connectivity index (χ1n) is 14.6. The Morgan fingerprint density at radius 1 is 0.864 bits per heavy atom. The summed E-state index contributed by atoms with van der Waals surface area (Å²) < 4.78 is 5.71. The van der Waals surface area contributed by atoms with E-state index in [0.29, 0.717) is 26.7 Å². The molecule has 1 aliphatic carbocycles. The average molecular weight is 627 g/mol. The van der Waals surface area contributed by atoms with Gasteiger partial charge in [0.05, 0.1) is 18.6 Å². The second kappa shape index (κ2) is 12.6. The number of nitrogens with zero attached hydrogens (tertiary/aromatic N) is 1. The number of hydrogen-bond donors (Lipinski definition) is 1. The third-order valence-electron chi connectivity index (χ3n) is 9.04. The highest BCUT2D eigenvalue weighted by Gasteiger charge is 2.68. The lowest BCUT2D eigenvalue weighted by molar-refractivity contribution is -0.164. The Morgan fingerprint density at radius 2 is 1.39 bits per heavy atom. The molecule has 1 fully saturated rings. The quantitative estimate of drug-likeness (QED) is 0.165. The van der Waals surface area contributed by atoms with E-state index in [1.165, 1.54) is 0 Å². The minimum Gasteiger partial charge on any atom is -0.465 e. The summed E-state index contributed by atoms with van der Waals surface area (Å²) in [5, 5.41) is 25.3. The number of rotatable bonds is 7. The summed E-state index contributed by atoms with van der Waals surface area (Å²) in [7, 11) is 0. The van der Waals surface area contributed by atoms with Crippen molar-refractivity contribution >= 4 is 35.0 Å². The van der Waals surface area contributed by atoms with Gasteiger partial charge in [-0.1, -0.05) is 83.9 Å². The fraction of sp³-hybridized carbons (Fsp3) is 0.270. The number of carbonyl (C=O) groups excluding carboxylic acids is 2. The zero-order valence-electron chi connectivity index (χ0n) is 24.8. The smallest absolute Gasteiger partial charge is 0.327 e. The van der Waals surface area contributed by atoms with Crippen LogP contribution in [-0.4, -0.2) is 23.5 Å². The van der Waals surface area contributed by atoms with Gasteiger partial charge in [0.2, 0.25) is 0 Å². The van der Waals surface area contributed by atoms with E-state index in [4.69, 9.17) is 27.9 Å². The first-order chi connectivity index (χ1) is 21.1. The molecule has 0 spiro atoms. The number of esters is 1. The van der Waals surface area contributed by atoms with Gasteiger partial charge in [-0.15, -0.1) is 0 Å². The van der Waals surface area contributed by atoms with Crippen molar-refractivity contribution in [3.05, 3.63) is 140 Å². The maximum absolute atomic E-state index is 14.9. The molecule has 0 unspecified atom stereocenters. The Morgan fingerprint density at radius 3 is 1.91 bits per heavy atom. The van der Waals surface area contributed by atoms with Crippen LogP contribution in [0.5, 0.6) is 0 Å². The maximum atomic E-state index is 14.9. The molecule has 1 saturated carbocycles. The third-order valence-corrected chi connectivity index (χ3v) is 9.55. The Hall–Kier alpha value is -3.95. The molecule has 0 aromatic heterocycles. The number of nitriles is 1. The van der Waals surface area contributed by atoms with Crippen molar-refractivity contribution < 1.29 is 19.4 Å². The zero-order valence-corrected chi connectivity index (χ0v) is 26.3. The molecule has 7 heteroatoms. The monoisotopic (exact) mass is 625 g/mol. The molecule has 5 rings (SSSR count). The first-order valence-corrected chi connectivity index (χ1v) is 15.3. The van der Waals surface area contributed by atoms with Gasteiger partial charge in [0.1, 0.15) is 5.60 Å². The Kier molecular flexibility index (Phi) is 9.00. The van der Waals surface area contributed by atoms with Gasteiger partial charge < -0.3 is 9.84 Å². The fourth-order valence-electron chi connectivity index (χ4n) is 6.96. The van der Waals surface area contributed by atoms with Gasteiger partial charge in [0.25, 0.3) is 0 Å². The van der Waals surface area contributed by atoms with Crippen LogP contribution in [0.3, 0.4) is 0 Å². The van der Waals surface area contributed by atoms with Crippen molar-refractivity contribution in [1.29, 1.82) is 5.26 Å². The highest BCUT2D eigenvalue weighted by Crippen LogP contribution is 2.64. The van der Waals surface area contributed by atoms with Crippen LogP contribution in [0, 0.1) is 36.5 Å². The average Bonchev–Trinajstić information content (AvgIpc) is 3.01. The van der Waals surface area contributed by atoms with E-state index in [1.807, 2.05) is 62.4 Å². The molecular formula is C37H33Cl2NO4. The number of carbonyl (C=O) groups is 2. The molecule has 0 bridgehead atoms. The van der Waals surface area contributed by atoms with Gasteiger partial charge in [0, 0.05) is 27.4 Å². The van der Waals surface area contributed by atoms with Crippen LogP contribution in [0.1, 0.15) is 63.4 Å². The lowest BCUT2D eigenvalue weighted by Crippen LogP contribution is -2.59. The van der Waals surface area contributed by atoms with Crippen LogP contribution < -0.4 is 0 Å². The van der Waals surface area contributed by atoms with E-state index < -0.39 is 40.5 Å². The molecule has 0 amide bonds. The minimum atomic E-state index is -1.88. The summed E-state index contributed by atoms with van der Waals surface area (Å²) in [5.74, 6) is -4.35. The predicted molar refractivity (Wildman–Crippen MR) is 172 cm³/mol. The topological polar surface area (TPSA) is 87.4 Å². The maximum Gasteiger partial charge on any atom is 0.327 e. The molecule has 4 aromatic rings. The number of ketones is 1. The Bertz CT molecular complexity index is 1730. The summed E-state index contributed by atoms with van der Waals surface area (Å²) in [4.78, 5) is 29.3.